The van der Waals surface area contributed by atoms with Gasteiger partial charge in [-0.1, -0.05) is 24.3 Å². The molecule has 1 amide bonds. The number of hydrogen-bond donors (Lipinski definition) is 1. The topological polar surface area (TPSA) is 66.1 Å². The smallest absolute Gasteiger partial charge is 0.260 e. The van der Waals surface area contributed by atoms with Gasteiger partial charge >= 0.3 is 0 Å². The number of thiophene rings is 2. The number of aromatic nitrogens is 2. The van der Waals surface area contributed by atoms with E-state index in [0.717, 1.165) is 21.6 Å². The average Bonchev–Trinajstić information content (AvgIpc) is 3.33. The van der Waals surface area contributed by atoms with Crippen LogP contribution in [-0.4, -0.2) is 27.3 Å². The molecule has 0 unspecified atom stereocenters. The second-order valence-corrected chi connectivity index (χ2v) is 9.41. The first-order chi connectivity index (χ1) is 14.5. The van der Waals surface area contributed by atoms with E-state index in [1.807, 2.05) is 62.5 Å². The van der Waals surface area contributed by atoms with Gasteiger partial charge in [0.15, 0.2) is 0 Å². The number of carbonyl (C=O) groups excluding carboxylic acids is 1. The van der Waals surface area contributed by atoms with Crippen LogP contribution in [0.1, 0.15) is 28.8 Å². The highest BCUT2D eigenvalue weighted by Gasteiger charge is 2.18. The third kappa shape index (κ3) is 4.08. The first-order valence-electron chi connectivity index (χ1n) is 9.85. The van der Waals surface area contributed by atoms with E-state index in [1.165, 1.54) is 16.2 Å². The van der Waals surface area contributed by atoms with Crippen molar-refractivity contribution in [3.63, 3.8) is 0 Å². The van der Waals surface area contributed by atoms with E-state index in [1.54, 1.807) is 16.2 Å². The molecular formula is C23H23N3O2S2. The van der Waals surface area contributed by atoms with Crippen LogP contribution in [0.15, 0.2) is 46.6 Å². The predicted octanol–water partition coefficient (Wildman–Crippen LogP) is 4.92. The molecule has 1 aromatic carbocycles. The molecule has 5 nitrogen and oxygen atoms in total. The predicted molar refractivity (Wildman–Crippen MR) is 124 cm³/mol. The van der Waals surface area contributed by atoms with Crippen molar-refractivity contribution in [1.82, 2.24) is 14.9 Å². The number of fused-ring (bicyclic) bond motifs is 1. The van der Waals surface area contributed by atoms with E-state index >= 15 is 0 Å². The van der Waals surface area contributed by atoms with Gasteiger partial charge in [-0.05, 0) is 44.0 Å². The molecule has 0 bridgehead atoms. The monoisotopic (exact) mass is 437 g/mol. The van der Waals surface area contributed by atoms with Gasteiger partial charge in [0, 0.05) is 33.8 Å². The summed E-state index contributed by atoms with van der Waals surface area (Å²) >= 11 is 3.10. The highest BCUT2D eigenvalue weighted by atomic mass is 32.1. The molecular weight excluding hydrogens is 414 g/mol. The van der Waals surface area contributed by atoms with Crippen LogP contribution in [0.5, 0.6) is 0 Å². The molecule has 0 atom stereocenters. The Balaban J connectivity index is 1.58. The number of amides is 1. The molecule has 0 radical (unpaired) electrons. The number of H-pyrrole nitrogens is 1. The second-order valence-electron chi connectivity index (χ2n) is 7.26. The minimum Gasteiger partial charge on any atom is -0.338 e. The van der Waals surface area contributed by atoms with Crippen LogP contribution in [0.25, 0.3) is 20.7 Å². The number of benzene rings is 1. The van der Waals surface area contributed by atoms with E-state index in [0.29, 0.717) is 29.1 Å². The summed E-state index contributed by atoms with van der Waals surface area (Å²) in [6.45, 7) is 7.20. The Kier molecular flexibility index (Phi) is 5.83. The Labute approximate surface area is 183 Å². The van der Waals surface area contributed by atoms with Gasteiger partial charge in [-0.3, -0.25) is 9.59 Å². The Hall–Kier alpha value is -2.77. The van der Waals surface area contributed by atoms with Gasteiger partial charge in [-0.25, -0.2) is 4.98 Å². The van der Waals surface area contributed by atoms with E-state index in [4.69, 9.17) is 0 Å². The molecule has 4 aromatic rings. The maximum Gasteiger partial charge on any atom is 0.260 e. The van der Waals surface area contributed by atoms with Gasteiger partial charge in [0.1, 0.15) is 10.7 Å². The quantitative estimate of drug-likeness (QED) is 0.466. The minimum atomic E-state index is -0.188. The van der Waals surface area contributed by atoms with Crippen molar-refractivity contribution in [1.29, 1.82) is 0 Å². The molecule has 0 aliphatic rings. The van der Waals surface area contributed by atoms with Gasteiger partial charge < -0.3 is 9.88 Å². The van der Waals surface area contributed by atoms with Crippen molar-refractivity contribution in [3.05, 3.63) is 74.0 Å². The summed E-state index contributed by atoms with van der Waals surface area (Å²) in [6.07, 6.45) is 0.0796. The van der Waals surface area contributed by atoms with Gasteiger partial charge in [0.05, 0.1) is 11.8 Å². The normalized spacial score (nSPS) is 11.2. The SMILES string of the molecule is CCN(Cc1ccccc1C)C(=O)Cc1nc2scc(-c3ccc(C)s3)c2c(=O)[nH]1. The van der Waals surface area contributed by atoms with Gasteiger partial charge in [-0.15, -0.1) is 22.7 Å². The number of aromatic amines is 1. The van der Waals surface area contributed by atoms with Crippen LogP contribution in [0.3, 0.4) is 0 Å². The highest BCUT2D eigenvalue weighted by Crippen LogP contribution is 2.35. The molecule has 0 saturated carbocycles. The van der Waals surface area contributed by atoms with Crippen LogP contribution >= 0.6 is 22.7 Å². The van der Waals surface area contributed by atoms with Gasteiger partial charge in [-0.2, -0.15) is 0 Å². The molecule has 3 heterocycles. The van der Waals surface area contributed by atoms with E-state index in [2.05, 4.69) is 9.97 Å². The third-order valence-electron chi connectivity index (χ3n) is 5.17. The number of rotatable bonds is 6. The highest BCUT2D eigenvalue weighted by molar-refractivity contribution is 7.19. The summed E-state index contributed by atoms with van der Waals surface area (Å²) in [5, 5.41) is 2.57. The summed E-state index contributed by atoms with van der Waals surface area (Å²) in [5.74, 6) is 0.366. The largest absolute Gasteiger partial charge is 0.338 e. The Bertz CT molecular complexity index is 1270. The van der Waals surface area contributed by atoms with Crippen molar-refractivity contribution >= 4 is 38.8 Å². The lowest BCUT2D eigenvalue weighted by Gasteiger charge is -2.21. The summed E-state index contributed by atoms with van der Waals surface area (Å²) in [6, 6.07) is 12.1. The lowest BCUT2D eigenvalue weighted by atomic mass is 10.1. The van der Waals surface area contributed by atoms with Crippen molar-refractivity contribution < 1.29 is 4.79 Å². The number of aryl methyl sites for hydroxylation is 2. The fourth-order valence-corrected chi connectivity index (χ4v) is 5.38. The van der Waals surface area contributed by atoms with E-state index < -0.39 is 0 Å². The lowest BCUT2D eigenvalue weighted by Crippen LogP contribution is -2.32. The van der Waals surface area contributed by atoms with Crippen LogP contribution in [0, 0.1) is 13.8 Å². The van der Waals surface area contributed by atoms with Crippen molar-refractivity contribution in [2.45, 2.75) is 33.7 Å². The molecule has 3 aromatic heterocycles. The summed E-state index contributed by atoms with van der Waals surface area (Å²) in [5.41, 5.74) is 3.01. The standard InChI is InChI=1S/C23H23N3O2S2/c1-4-26(12-16-8-6-5-7-14(16)2)20(27)11-19-24-22(28)21-17(13-29-23(21)25-19)18-10-9-15(3)30-18/h5-10,13H,4,11-12H2,1-3H3,(H,24,25,28). The Morgan fingerprint density at radius 1 is 1.17 bits per heavy atom. The number of hydrogen-bond acceptors (Lipinski definition) is 5. The molecule has 4 rings (SSSR count). The van der Waals surface area contributed by atoms with E-state index in [-0.39, 0.29) is 17.9 Å². The third-order valence-corrected chi connectivity index (χ3v) is 7.08. The van der Waals surface area contributed by atoms with Crippen LogP contribution < -0.4 is 5.56 Å². The van der Waals surface area contributed by atoms with Crippen LogP contribution in [0.2, 0.25) is 0 Å². The summed E-state index contributed by atoms with van der Waals surface area (Å²) in [4.78, 5) is 37.9. The number of likely N-dealkylation sites (N-methyl/N-ethyl adjacent to an activating group) is 1. The number of carbonyl (C=O) groups is 1. The van der Waals surface area contributed by atoms with Crippen LogP contribution in [-0.2, 0) is 17.8 Å². The molecule has 1 N–H and O–H groups in total. The molecule has 154 valence electrons. The molecule has 0 aliphatic heterocycles. The first kappa shape index (κ1) is 20.5. The number of nitrogens with zero attached hydrogens (tertiary/aromatic N) is 2. The maximum absolute atomic E-state index is 12.9. The van der Waals surface area contributed by atoms with E-state index in [9.17, 15) is 9.59 Å². The van der Waals surface area contributed by atoms with Crippen molar-refractivity contribution in [2.75, 3.05) is 6.54 Å². The zero-order chi connectivity index (χ0) is 21.3. The summed E-state index contributed by atoms with van der Waals surface area (Å²) in [7, 11) is 0. The molecule has 30 heavy (non-hydrogen) atoms. The van der Waals surface area contributed by atoms with Crippen molar-refractivity contribution in [3.8, 4) is 10.4 Å². The molecule has 0 spiro atoms. The second kappa shape index (κ2) is 8.53. The average molecular weight is 438 g/mol. The number of nitrogens with one attached hydrogen (secondary N) is 1. The Morgan fingerprint density at radius 3 is 2.67 bits per heavy atom. The molecule has 0 fully saturated rings. The van der Waals surface area contributed by atoms with Gasteiger partial charge in [0.2, 0.25) is 5.91 Å². The van der Waals surface area contributed by atoms with Crippen LogP contribution in [0.4, 0.5) is 0 Å². The van der Waals surface area contributed by atoms with Crippen molar-refractivity contribution in [2.24, 2.45) is 0 Å². The molecule has 0 aliphatic carbocycles. The fraction of sp³-hybridized carbons (Fsp3) is 0.261. The lowest BCUT2D eigenvalue weighted by molar-refractivity contribution is -0.131. The summed E-state index contributed by atoms with van der Waals surface area (Å²) < 4.78 is 0. The van der Waals surface area contributed by atoms with Gasteiger partial charge in [0.25, 0.3) is 5.56 Å². The fourth-order valence-electron chi connectivity index (χ4n) is 3.46. The zero-order valence-electron chi connectivity index (χ0n) is 17.2. The maximum atomic E-state index is 12.9. The Morgan fingerprint density at radius 2 is 1.97 bits per heavy atom. The minimum absolute atomic E-state index is 0.0473. The first-order valence-corrected chi connectivity index (χ1v) is 11.6. The zero-order valence-corrected chi connectivity index (χ0v) is 18.8. The molecule has 7 heteroatoms. The molecule has 0 saturated heterocycles.